The van der Waals surface area contributed by atoms with E-state index in [0.717, 1.165) is 0 Å². The van der Waals surface area contributed by atoms with Crippen molar-refractivity contribution >= 4 is 11.0 Å². The molecule has 2 aromatic rings. The smallest absolute Gasteiger partial charge is 0.336 e. The molecule has 230 valence electrons. The third-order valence-corrected chi connectivity index (χ3v) is 7.45. The van der Waals surface area contributed by atoms with E-state index in [1.54, 1.807) is 0 Å². The lowest BCUT2D eigenvalue weighted by Crippen LogP contribution is -2.63. The zero-order chi connectivity index (χ0) is 30.2. The molecule has 0 radical (unpaired) electrons. The second-order valence-electron chi connectivity index (χ2n) is 10.7. The van der Waals surface area contributed by atoms with Gasteiger partial charge in [0, 0.05) is 23.4 Å². The average Bonchev–Trinajstić information content (AvgIpc) is 2.94. The lowest BCUT2D eigenvalue weighted by Gasteiger charge is -2.46. The first kappa shape index (κ1) is 31.7. The summed E-state index contributed by atoms with van der Waals surface area (Å²) in [5, 5.41) is 92.3. The van der Waals surface area contributed by atoms with Crippen molar-refractivity contribution in [2.75, 3.05) is 13.2 Å². The summed E-state index contributed by atoms with van der Waals surface area (Å²) in [5.74, 6) is -0.294. The minimum Gasteiger partial charge on any atom is -0.508 e. The summed E-state index contributed by atoms with van der Waals surface area (Å²) >= 11 is 0. The number of ether oxygens (including phenoxy) is 4. The van der Waals surface area contributed by atoms with Gasteiger partial charge in [-0.2, -0.15) is 0 Å². The summed E-state index contributed by atoms with van der Waals surface area (Å²) in [6.45, 7) is 1.48. The van der Waals surface area contributed by atoms with Crippen LogP contribution in [0, 0.1) is 0 Å². The highest BCUT2D eigenvalue weighted by Gasteiger charge is 2.50. The van der Waals surface area contributed by atoms with Crippen LogP contribution in [0.3, 0.4) is 0 Å². The summed E-state index contributed by atoms with van der Waals surface area (Å²) in [4.78, 5) is 12.0. The Morgan fingerprint density at radius 3 is 1.93 bits per heavy atom. The number of hydrogen-bond acceptors (Lipinski definition) is 15. The molecule has 2 saturated heterocycles. The zero-order valence-corrected chi connectivity index (χ0v) is 22.3. The van der Waals surface area contributed by atoms with Crippen LogP contribution in [0.25, 0.3) is 11.0 Å². The van der Waals surface area contributed by atoms with E-state index in [1.165, 1.54) is 38.1 Å². The van der Waals surface area contributed by atoms with Crippen LogP contribution in [0.2, 0.25) is 0 Å². The topological polar surface area (TPSA) is 249 Å². The first-order valence-electron chi connectivity index (χ1n) is 13.0. The van der Waals surface area contributed by atoms with Gasteiger partial charge in [-0.05, 0) is 32.0 Å². The Kier molecular flexibility index (Phi) is 9.69. The van der Waals surface area contributed by atoms with Gasteiger partial charge >= 0.3 is 5.63 Å². The molecule has 3 heterocycles. The molecule has 4 rings (SSSR count). The van der Waals surface area contributed by atoms with Crippen molar-refractivity contribution in [1.29, 1.82) is 0 Å². The summed E-state index contributed by atoms with van der Waals surface area (Å²) in [5.41, 5.74) is -2.19. The first-order valence-corrected chi connectivity index (χ1v) is 13.0. The Morgan fingerprint density at radius 1 is 0.805 bits per heavy atom. The van der Waals surface area contributed by atoms with Gasteiger partial charge in [-0.1, -0.05) is 0 Å². The highest BCUT2D eigenvalue weighted by Crippen LogP contribution is 2.35. The predicted octanol–water partition coefficient (Wildman–Crippen LogP) is -3.18. The monoisotopic (exact) mass is 588 g/mol. The van der Waals surface area contributed by atoms with Crippen LogP contribution in [0.15, 0.2) is 33.5 Å². The molecule has 9 N–H and O–H groups in total. The highest BCUT2D eigenvalue weighted by atomic mass is 16.7. The quantitative estimate of drug-likeness (QED) is 0.131. The van der Waals surface area contributed by atoms with Gasteiger partial charge in [0.1, 0.15) is 60.2 Å². The Labute approximate surface area is 233 Å². The molecule has 11 atom stereocenters. The number of aliphatic hydroxyl groups is 8. The van der Waals surface area contributed by atoms with E-state index in [4.69, 9.17) is 23.4 Å². The molecule has 0 aliphatic carbocycles. The summed E-state index contributed by atoms with van der Waals surface area (Å²) in [6, 6.07) is 5.54. The standard InChI is InChI=1S/C26H36O15/c1-26(2,41-25-22(36)20(34)18(32)14(9-28)38-25)15(39-24-21(35)19(33)17(31)13(8-27)37-24)7-11-12(29)5-3-10-4-6-16(30)40-23(10)11/h3-6,13-15,17-22,24-25,27-29,31-36H,7-9H2,1-2H3. The maximum Gasteiger partial charge on any atom is 0.336 e. The van der Waals surface area contributed by atoms with E-state index >= 15 is 0 Å². The van der Waals surface area contributed by atoms with Crippen LogP contribution < -0.4 is 5.63 Å². The van der Waals surface area contributed by atoms with Crippen molar-refractivity contribution in [3.63, 3.8) is 0 Å². The molecule has 0 amide bonds. The molecule has 1 aromatic heterocycles. The number of phenols is 1. The fourth-order valence-corrected chi connectivity index (χ4v) is 4.90. The van der Waals surface area contributed by atoms with Crippen molar-refractivity contribution in [3.8, 4) is 5.75 Å². The lowest BCUT2D eigenvalue weighted by atomic mass is 9.92. The molecule has 0 spiro atoms. The third kappa shape index (κ3) is 6.41. The third-order valence-electron chi connectivity index (χ3n) is 7.45. The number of phenolic OH excluding ortho intramolecular Hbond substituents is 1. The molecule has 15 heteroatoms. The average molecular weight is 589 g/mol. The second-order valence-corrected chi connectivity index (χ2v) is 10.7. The van der Waals surface area contributed by atoms with Crippen molar-refractivity contribution in [3.05, 3.63) is 40.2 Å². The summed E-state index contributed by atoms with van der Waals surface area (Å²) < 4.78 is 28.3. The highest BCUT2D eigenvalue weighted by molar-refractivity contribution is 5.82. The van der Waals surface area contributed by atoms with Gasteiger partial charge in [0.25, 0.3) is 0 Å². The number of benzene rings is 1. The van der Waals surface area contributed by atoms with Crippen LogP contribution in [0.1, 0.15) is 19.4 Å². The van der Waals surface area contributed by atoms with E-state index in [0.29, 0.717) is 5.39 Å². The predicted molar refractivity (Wildman–Crippen MR) is 135 cm³/mol. The lowest BCUT2D eigenvalue weighted by molar-refractivity contribution is -0.354. The van der Waals surface area contributed by atoms with Crippen molar-refractivity contribution in [2.45, 2.75) is 93.4 Å². The van der Waals surface area contributed by atoms with Crippen molar-refractivity contribution < 1.29 is 69.3 Å². The van der Waals surface area contributed by atoms with Gasteiger partial charge in [0.2, 0.25) is 0 Å². The van der Waals surface area contributed by atoms with E-state index in [2.05, 4.69) is 0 Å². The minimum atomic E-state index is -1.81. The van der Waals surface area contributed by atoms with Crippen LogP contribution in [0.4, 0.5) is 0 Å². The molecule has 41 heavy (non-hydrogen) atoms. The number of aromatic hydroxyl groups is 1. The van der Waals surface area contributed by atoms with Crippen LogP contribution in [-0.2, 0) is 25.4 Å². The van der Waals surface area contributed by atoms with Gasteiger partial charge in [0.15, 0.2) is 12.6 Å². The molecule has 1 aromatic carbocycles. The fraction of sp³-hybridized carbons (Fsp3) is 0.654. The van der Waals surface area contributed by atoms with E-state index < -0.39 is 92.0 Å². The van der Waals surface area contributed by atoms with E-state index in [1.807, 2.05) is 0 Å². The molecular weight excluding hydrogens is 552 g/mol. The maximum atomic E-state index is 12.0. The van der Waals surface area contributed by atoms with Crippen molar-refractivity contribution in [1.82, 2.24) is 0 Å². The number of fused-ring (bicyclic) bond motifs is 1. The molecule has 2 fully saturated rings. The maximum absolute atomic E-state index is 12.0. The second kappa shape index (κ2) is 12.5. The summed E-state index contributed by atoms with van der Waals surface area (Å²) in [6.07, 6.45) is -17.9. The Balaban J connectivity index is 1.71. The number of hydrogen-bond donors (Lipinski definition) is 9. The fourth-order valence-electron chi connectivity index (χ4n) is 4.90. The Hall–Kier alpha value is -2.25. The molecular formula is C26H36O15. The minimum absolute atomic E-state index is 0.0172. The SMILES string of the molecule is CC(C)(OC1OC(CO)C(O)C(O)C1O)C(Cc1c(O)ccc2ccc(=O)oc12)OC1OC(CO)C(O)C(O)C1O. The molecule has 15 nitrogen and oxygen atoms in total. The molecule has 0 bridgehead atoms. The van der Waals surface area contributed by atoms with Crippen LogP contribution >= 0.6 is 0 Å². The van der Waals surface area contributed by atoms with Gasteiger partial charge in [-0.3, -0.25) is 0 Å². The largest absolute Gasteiger partial charge is 0.508 e. The number of aliphatic hydroxyl groups excluding tert-OH is 8. The zero-order valence-electron chi connectivity index (χ0n) is 22.3. The van der Waals surface area contributed by atoms with Crippen LogP contribution in [-0.4, -0.2) is 132 Å². The molecule has 2 aliphatic rings. The molecule has 0 saturated carbocycles. The van der Waals surface area contributed by atoms with Gasteiger partial charge in [-0.15, -0.1) is 0 Å². The summed E-state index contributed by atoms with van der Waals surface area (Å²) in [7, 11) is 0. The van der Waals surface area contributed by atoms with Gasteiger partial charge < -0.3 is 69.3 Å². The van der Waals surface area contributed by atoms with Gasteiger partial charge in [-0.25, -0.2) is 4.79 Å². The van der Waals surface area contributed by atoms with E-state index in [9.17, 15) is 50.8 Å². The van der Waals surface area contributed by atoms with Gasteiger partial charge in [0.05, 0.1) is 24.9 Å². The van der Waals surface area contributed by atoms with Crippen molar-refractivity contribution in [2.24, 2.45) is 0 Å². The molecule has 2 aliphatic heterocycles. The number of rotatable bonds is 9. The molecule has 11 unspecified atom stereocenters. The Bertz CT molecular complexity index is 1230. The van der Waals surface area contributed by atoms with E-state index in [-0.39, 0.29) is 23.3 Å². The first-order chi connectivity index (χ1) is 19.3. The van der Waals surface area contributed by atoms with Crippen LogP contribution in [0.5, 0.6) is 5.75 Å². The normalized spacial score (nSPS) is 35.5. The Morgan fingerprint density at radius 2 is 1.34 bits per heavy atom.